The third-order valence-electron chi connectivity index (χ3n) is 4.43. The largest absolute Gasteiger partial charge is 0.345 e. The first kappa shape index (κ1) is 21.1. The molecular formula is C20H27N3O3S. The van der Waals surface area contributed by atoms with Crippen LogP contribution in [0.2, 0.25) is 0 Å². The van der Waals surface area contributed by atoms with Crippen molar-refractivity contribution < 1.29 is 13.2 Å². The van der Waals surface area contributed by atoms with Gasteiger partial charge in [0.1, 0.15) is 0 Å². The molecule has 0 unspecified atom stereocenters. The molecule has 0 atom stereocenters. The molecule has 6 nitrogen and oxygen atoms in total. The molecule has 0 bridgehead atoms. The lowest BCUT2D eigenvalue weighted by molar-refractivity contribution is -0.130. The molecule has 1 heterocycles. The van der Waals surface area contributed by atoms with Crippen LogP contribution in [-0.2, 0) is 27.8 Å². The van der Waals surface area contributed by atoms with Crippen molar-refractivity contribution in [2.24, 2.45) is 0 Å². The van der Waals surface area contributed by atoms with Gasteiger partial charge in [-0.25, -0.2) is 8.42 Å². The average Bonchev–Trinajstić information content (AvgIpc) is 2.64. The van der Waals surface area contributed by atoms with Gasteiger partial charge in [-0.2, -0.15) is 4.31 Å². The van der Waals surface area contributed by atoms with E-state index in [9.17, 15) is 13.2 Å². The Morgan fingerprint density at radius 3 is 2.22 bits per heavy atom. The van der Waals surface area contributed by atoms with E-state index in [0.717, 1.165) is 23.1 Å². The first-order chi connectivity index (χ1) is 12.8. The van der Waals surface area contributed by atoms with Crippen molar-refractivity contribution in [3.63, 3.8) is 0 Å². The van der Waals surface area contributed by atoms with E-state index in [4.69, 9.17) is 0 Å². The van der Waals surface area contributed by atoms with Gasteiger partial charge in [-0.05, 0) is 36.6 Å². The molecule has 0 aliphatic rings. The van der Waals surface area contributed by atoms with Crippen LogP contribution in [0.1, 0.15) is 23.1 Å². The van der Waals surface area contributed by atoms with Crippen LogP contribution in [0, 0.1) is 6.92 Å². The Morgan fingerprint density at radius 2 is 1.63 bits per heavy atom. The van der Waals surface area contributed by atoms with Gasteiger partial charge in [0, 0.05) is 45.5 Å². The summed E-state index contributed by atoms with van der Waals surface area (Å²) in [5, 5.41) is 0. The number of nitrogens with zero attached hydrogens (tertiary/aromatic N) is 3. The summed E-state index contributed by atoms with van der Waals surface area (Å²) >= 11 is 0. The fourth-order valence-corrected chi connectivity index (χ4v) is 3.45. The first-order valence-corrected chi connectivity index (χ1v) is 10.7. The van der Waals surface area contributed by atoms with E-state index in [-0.39, 0.29) is 25.4 Å². The van der Waals surface area contributed by atoms with E-state index >= 15 is 0 Å². The lowest BCUT2D eigenvalue weighted by atomic mass is 10.1. The highest BCUT2D eigenvalue weighted by Crippen LogP contribution is 2.11. The van der Waals surface area contributed by atoms with Gasteiger partial charge in [0.05, 0.1) is 6.26 Å². The maximum absolute atomic E-state index is 12.4. The van der Waals surface area contributed by atoms with Crippen LogP contribution in [-0.4, -0.2) is 54.9 Å². The van der Waals surface area contributed by atoms with E-state index in [0.29, 0.717) is 6.54 Å². The van der Waals surface area contributed by atoms with Gasteiger partial charge >= 0.3 is 0 Å². The summed E-state index contributed by atoms with van der Waals surface area (Å²) in [4.78, 5) is 18.0. The highest BCUT2D eigenvalue weighted by atomic mass is 32.2. The van der Waals surface area contributed by atoms with Gasteiger partial charge in [0.25, 0.3) is 0 Å². The minimum atomic E-state index is -3.39. The van der Waals surface area contributed by atoms with E-state index in [2.05, 4.69) is 4.98 Å². The summed E-state index contributed by atoms with van der Waals surface area (Å²) in [6.07, 6.45) is 5.53. The predicted octanol–water partition coefficient (Wildman–Crippen LogP) is 2.24. The van der Waals surface area contributed by atoms with Gasteiger partial charge in [-0.15, -0.1) is 0 Å². The standard InChI is InChI=1S/C20H27N3O3S/c1-17-4-6-19(7-5-17)16-23(27(3,25)26)15-11-20(24)22(2)14-10-18-8-12-21-13-9-18/h4-9,12-13H,10-11,14-16H2,1-3H3. The number of aryl methyl sites for hydroxylation is 1. The van der Waals surface area contributed by atoms with E-state index in [1.165, 1.54) is 10.6 Å². The van der Waals surface area contributed by atoms with Crippen LogP contribution in [0.5, 0.6) is 0 Å². The van der Waals surface area contributed by atoms with Crippen molar-refractivity contribution in [1.82, 2.24) is 14.2 Å². The quantitative estimate of drug-likeness (QED) is 0.659. The number of hydrogen-bond donors (Lipinski definition) is 0. The Balaban J connectivity index is 1.89. The van der Waals surface area contributed by atoms with Crippen LogP contribution >= 0.6 is 0 Å². The van der Waals surface area contributed by atoms with E-state index in [1.54, 1.807) is 24.3 Å². The molecule has 0 saturated heterocycles. The number of carbonyl (C=O) groups is 1. The maximum atomic E-state index is 12.4. The molecule has 27 heavy (non-hydrogen) atoms. The van der Waals surface area contributed by atoms with Crippen LogP contribution < -0.4 is 0 Å². The van der Waals surface area contributed by atoms with Gasteiger partial charge in [0.2, 0.25) is 15.9 Å². The number of likely N-dealkylation sites (N-methyl/N-ethyl adjacent to an activating group) is 1. The van der Waals surface area contributed by atoms with Crippen LogP contribution in [0.4, 0.5) is 0 Å². The molecule has 0 N–H and O–H groups in total. The fraction of sp³-hybridized carbons (Fsp3) is 0.400. The Kier molecular flexibility index (Phi) is 7.50. The second-order valence-corrected chi connectivity index (χ2v) is 8.74. The molecule has 1 aromatic carbocycles. The smallest absolute Gasteiger partial charge is 0.223 e. The van der Waals surface area contributed by atoms with Crippen molar-refractivity contribution in [3.05, 3.63) is 65.5 Å². The molecule has 0 saturated carbocycles. The van der Waals surface area contributed by atoms with Gasteiger partial charge in [-0.3, -0.25) is 9.78 Å². The Hall–Kier alpha value is -2.25. The monoisotopic (exact) mass is 389 g/mol. The molecule has 2 rings (SSSR count). The average molecular weight is 390 g/mol. The van der Waals surface area contributed by atoms with Crippen molar-refractivity contribution >= 4 is 15.9 Å². The highest BCUT2D eigenvalue weighted by molar-refractivity contribution is 7.88. The summed E-state index contributed by atoms with van der Waals surface area (Å²) < 4.78 is 25.5. The molecule has 0 aliphatic carbocycles. The summed E-state index contributed by atoms with van der Waals surface area (Å²) in [6, 6.07) is 11.6. The third-order valence-corrected chi connectivity index (χ3v) is 5.68. The van der Waals surface area contributed by atoms with Crippen molar-refractivity contribution in [2.75, 3.05) is 26.4 Å². The molecule has 0 fully saturated rings. The number of carbonyl (C=O) groups excluding carboxylic acids is 1. The third kappa shape index (κ3) is 7.11. The molecule has 1 aromatic heterocycles. The van der Waals surface area contributed by atoms with Crippen molar-refractivity contribution in [1.29, 1.82) is 0 Å². The minimum Gasteiger partial charge on any atom is -0.345 e. The minimum absolute atomic E-state index is 0.0680. The Bertz CT molecular complexity index is 837. The second kappa shape index (κ2) is 9.62. The summed E-state index contributed by atoms with van der Waals surface area (Å²) in [5.74, 6) is -0.0680. The SMILES string of the molecule is Cc1ccc(CN(CCC(=O)N(C)CCc2ccncc2)S(C)(=O)=O)cc1. The lowest BCUT2D eigenvalue weighted by Gasteiger charge is -2.22. The zero-order chi connectivity index (χ0) is 19.9. The van der Waals surface area contributed by atoms with Gasteiger partial charge in [0.15, 0.2) is 0 Å². The molecule has 0 aliphatic heterocycles. The topological polar surface area (TPSA) is 70.6 Å². The summed E-state index contributed by atoms with van der Waals surface area (Å²) in [6.45, 7) is 3.01. The normalized spacial score (nSPS) is 11.6. The first-order valence-electron chi connectivity index (χ1n) is 8.89. The Morgan fingerprint density at radius 1 is 1.00 bits per heavy atom. The number of pyridine rings is 1. The molecule has 146 valence electrons. The second-order valence-electron chi connectivity index (χ2n) is 6.75. The number of rotatable bonds is 9. The molecular weight excluding hydrogens is 362 g/mol. The number of hydrogen-bond acceptors (Lipinski definition) is 4. The van der Waals surface area contributed by atoms with Crippen LogP contribution in [0.25, 0.3) is 0 Å². The Labute approximate surface area is 161 Å². The summed E-state index contributed by atoms with van der Waals surface area (Å²) in [5.41, 5.74) is 3.14. The lowest BCUT2D eigenvalue weighted by Crippen LogP contribution is -2.35. The van der Waals surface area contributed by atoms with Crippen LogP contribution in [0.3, 0.4) is 0 Å². The number of sulfonamides is 1. The zero-order valence-electron chi connectivity index (χ0n) is 16.1. The molecule has 0 radical (unpaired) electrons. The predicted molar refractivity (Wildman–Crippen MR) is 107 cm³/mol. The number of amides is 1. The molecule has 7 heteroatoms. The van der Waals surface area contributed by atoms with Crippen LogP contribution in [0.15, 0.2) is 48.8 Å². The number of aromatic nitrogens is 1. The van der Waals surface area contributed by atoms with Gasteiger partial charge < -0.3 is 4.90 Å². The highest BCUT2D eigenvalue weighted by Gasteiger charge is 2.19. The molecule has 1 amide bonds. The van der Waals surface area contributed by atoms with Crippen molar-refractivity contribution in [3.8, 4) is 0 Å². The van der Waals surface area contributed by atoms with E-state index in [1.807, 2.05) is 43.3 Å². The van der Waals surface area contributed by atoms with Gasteiger partial charge in [-0.1, -0.05) is 29.8 Å². The van der Waals surface area contributed by atoms with Crippen molar-refractivity contribution in [2.45, 2.75) is 26.3 Å². The maximum Gasteiger partial charge on any atom is 0.223 e. The fourth-order valence-electron chi connectivity index (χ4n) is 2.64. The van der Waals surface area contributed by atoms with E-state index < -0.39 is 10.0 Å². The zero-order valence-corrected chi connectivity index (χ0v) is 16.9. The molecule has 2 aromatic rings. The summed E-state index contributed by atoms with van der Waals surface area (Å²) in [7, 11) is -1.65. The molecule has 0 spiro atoms. The number of benzene rings is 1.